The zero-order valence-corrected chi connectivity index (χ0v) is 17.9. The lowest BCUT2D eigenvalue weighted by Gasteiger charge is -2.34. The fourth-order valence-electron chi connectivity index (χ4n) is 2.88. The van der Waals surface area contributed by atoms with E-state index >= 15 is 0 Å². The van der Waals surface area contributed by atoms with E-state index in [9.17, 15) is 0 Å². The maximum atomic E-state index is 6.09. The molecule has 0 bridgehead atoms. The Balaban J connectivity index is 0.00000225. The number of aliphatic imine (C=N–C) groups is 1. The predicted molar refractivity (Wildman–Crippen MR) is 116 cm³/mol. The first kappa shape index (κ1) is 20.4. The van der Waals surface area contributed by atoms with E-state index in [4.69, 9.17) is 15.2 Å². The summed E-state index contributed by atoms with van der Waals surface area (Å²) in [4.78, 5) is 6.86. The van der Waals surface area contributed by atoms with Gasteiger partial charge in [-0.25, -0.2) is 0 Å². The van der Waals surface area contributed by atoms with E-state index in [1.54, 1.807) is 0 Å². The number of nitrogens with one attached hydrogen (secondary N) is 1. The number of benzene rings is 1. The maximum absolute atomic E-state index is 6.09. The van der Waals surface area contributed by atoms with Crippen molar-refractivity contribution in [2.24, 2.45) is 10.7 Å². The van der Waals surface area contributed by atoms with Gasteiger partial charge in [0, 0.05) is 29.5 Å². The summed E-state index contributed by atoms with van der Waals surface area (Å²) in [5.74, 6) is 4.25. The summed E-state index contributed by atoms with van der Waals surface area (Å²) < 4.78 is 11.3. The number of halogens is 1. The molecule has 25 heavy (non-hydrogen) atoms. The first-order valence-corrected chi connectivity index (χ1v) is 9.46. The summed E-state index contributed by atoms with van der Waals surface area (Å²) >= 11 is 1.98. The molecular formula is C17H27IN4O2S. The number of hydrogen-bond donors (Lipinski definition) is 2. The van der Waals surface area contributed by atoms with E-state index in [0.717, 1.165) is 35.8 Å². The number of nitrogens with zero attached hydrogens (tertiary/aromatic N) is 2. The van der Waals surface area contributed by atoms with Crippen LogP contribution in [0.3, 0.4) is 0 Å². The van der Waals surface area contributed by atoms with Gasteiger partial charge in [0.1, 0.15) is 0 Å². The molecule has 0 amide bonds. The lowest BCUT2D eigenvalue weighted by atomic mass is 9.98. The van der Waals surface area contributed by atoms with E-state index in [2.05, 4.69) is 29.3 Å². The third kappa shape index (κ3) is 5.07. The van der Waals surface area contributed by atoms with Crippen LogP contribution in [-0.4, -0.2) is 61.8 Å². The van der Waals surface area contributed by atoms with Crippen LogP contribution >= 0.6 is 35.7 Å². The Labute approximate surface area is 170 Å². The highest BCUT2D eigenvalue weighted by molar-refractivity contribution is 14.0. The zero-order chi connectivity index (χ0) is 17.0. The van der Waals surface area contributed by atoms with E-state index in [-0.39, 0.29) is 29.5 Å². The topological polar surface area (TPSA) is 72.1 Å². The molecule has 0 radical (unpaired) electrons. The second-order valence-corrected chi connectivity index (χ2v) is 7.56. The first-order chi connectivity index (χ1) is 11.6. The highest BCUT2D eigenvalue weighted by Crippen LogP contribution is 2.33. The van der Waals surface area contributed by atoms with Gasteiger partial charge in [-0.1, -0.05) is 0 Å². The lowest BCUT2D eigenvalue weighted by Crippen LogP contribution is -2.47. The highest BCUT2D eigenvalue weighted by atomic mass is 127. The Morgan fingerprint density at radius 3 is 2.76 bits per heavy atom. The lowest BCUT2D eigenvalue weighted by molar-refractivity contribution is 0.190. The van der Waals surface area contributed by atoms with Crippen LogP contribution in [0.2, 0.25) is 0 Å². The SMILES string of the molecule is CN(C)C1(CN=C(N)Nc2ccc3c(c2)OCCCO3)CCSC1.I. The highest BCUT2D eigenvalue weighted by Gasteiger charge is 2.36. The second-order valence-electron chi connectivity index (χ2n) is 6.46. The van der Waals surface area contributed by atoms with Crippen LogP contribution in [0.15, 0.2) is 23.2 Å². The molecule has 1 fully saturated rings. The molecular weight excluding hydrogens is 451 g/mol. The molecule has 0 aliphatic carbocycles. The summed E-state index contributed by atoms with van der Waals surface area (Å²) in [6.45, 7) is 2.06. The van der Waals surface area contributed by atoms with Crippen molar-refractivity contribution in [3.63, 3.8) is 0 Å². The van der Waals surface area contributed by atoms with E-state index in [1.165, 1.54) is 5.75 Å². The second kappa shape index (κ2) is 9.18. The van der Waals surface area contributed by atoms with Gasteiger partial charge in [-0.15, -0.1) is 24.0 Å². The molecule has 3 N–H and O–H groups in total. The van der Waals surface area contributed by atoms with Crippen LogP contribution in [-0.2, 0) is 0 Å². The molecule has 140 valence electrons. The molecule has 1 unspecified atom stereocenters. The van der Waals surface area contributed by atoms with Crippen LogP contribution in [0, 0.1) is 0 Å². The van der Waals surface area contributed by atoms with Crippen molar-refractivity contribution in [2.75, 3.05) is 50.7 Å². The zero-order valence-electron chi connectivity index (χ0n) is 14.8. The molecule has 1 atom stereocenters. The van der Waals surface area contributed by atoms with Crippen molar-refractivity contribution >= 4 is 47.4 Å². The number of likely N-dealkylation sites (N-methyl/N-ethyl adjacent to an activating group) is 1. The summed E-state index contributed by atoms with van der Waals surface area (Å²) in [6.07, 6.45) is 2.04. The molecule has 6 nitrogen and oxygen atoms in total. The minimum atomic E-state index is 0. The van der Waals surface area contributed by atoms with Crippen LogP contribution < -0.4 is 20.5 Å². The van der Waals surface area contributed by atoms with Crippen LogP contribution in [0.25, 0.3) is 0 Å². The van der Waals surface area contributed by atoms with Gasteiger partial charge in [-0.05, 0) is 38.4 Å². The molecule has 1 aromatic rings. The molecule has 0 aromatic heterocycles. The van der Waals surface area contributed by atoms with Gasteiger partial charge >= 0.3 is 0 Å². The minimum Gasteiger partial charge on any atom is -0.490 e. The predicted octanol–water partition coefficient (Wildman–Crippen LogP) is 2.63. The van der Waals surface area contributed by atoms with Gasteiger partial charge in [0.05, 0.1) is 19.8 Å². The summed E-state index contributed by atoms with van der Waals surface area (Å²) in [6, 6.07) is 5.75. The minimum absolute atomic E-state index is 0. The Kier molecular flexibility index (Phi) is 7.51. The van der Waals surface area contributed by atoms with Crippen LogP contribution in [0.1, 0.15) is 12.8 Å². The molecule has 0 spiro atoms. The van der Waals surface area contributed by atoms with Crippen LogP contribution in [0.5, 0.6) is 11.5 Å². The largest absolute Gasteiger partial charge is 0.490 e. The van der Waals surface area contributed by atoms with Gasteiger partial charge in [0.15, 0.2) is 17.5 Å². The number of guanidine groups is 1. The normalized spacial score (nSPS) is 23.1. The average Bonchev–Trinajstić information content (AvgIpc) is 2.93. The third-order valence-corrected chi connectivity index (χ3v) is 5.83. The molecule has 1 saturated heterocycles. The molecule has 3 rings (SSSR count). The number of fused-ring (bicyclic) bond motifs is 1. The van der Waals surface area contributed by atoms with Crippen molar-refractivity contribution in [3.8, 4) is 11.5 Å². The quantitative estimate of drug-likeness (QED) is 0.394. The molecule has 0 saturated carbocycles. The van der Waals surface area contributed by atoms with Crippen molar-refractivity contribution in [2.45, 2.75) is 18.4 Å². The Hall–Kier alpha value is -0.870. The van der Waals surface area contributed by atoms with E-state index in [0.29, 0.717) is 25.7 Å². The van der Waals surface area contributed by atoms with Crippen molar-refractivity contribution in [1.82, 2.24) is 4.90 Å². The maximum Gasteiger partial charge on any atom is 0.193 e. The van der Waals surface area contributed by atoms with Gasteiger partial charge in [0.2, 0.25) is 0 Å². The fourth-order valence-corrected chi connectivity index (χ4v) is 4.42. The number of hydrogen-bond acceptors (Lipinski definition) is 5. The smallest absolute Gasteiger partial charge is 0.193 e. The molecule has 2 heterocycles. The van der Waals surface area contributed by atoms with Crippen molar-refractivity contribution in [1.29, 1.82) is 0 Å². The van der Waals surface area contributed by atoms with E-state index in [1.807, 2.05) is 30.0 Å². The fraction of sp³-hybridized carbons (Fsp3) is 0.588. The molecule has 1 aromatic carbocycles. The number of nitrogens with two attached hydrogens (primary N) is 1. The van der Waals surface area contributed by atoms with Gasteiger partial charge in [-0.3, -0.25) is 4.99 Å². The van der Waals surface area contributed by atoms with Crippen LogP contribution in [0.4, 0.5) is 5.69 Å². The number of rotatable bonds is 4. The van der Waals surface area contributed by atoms with Crippen molar-refractivity contribution < 1.29 is 9.47 Å². The van der Waals surface area contributed by atoms with Crippen molar-refractivity contribution in [3.05, 3.63) is 18.2 Å². The van der Waals surface area contributed by atoms with Gasteiger partial charge in [0.25, 0.3) is 0 Å². The Morgan fingerprint density at radius 2 is 2.08 bits per heavy atom. The average molecular weight is 478 g/mol. The number of ether oxygens (including phenoxy) is 2. The number of anilines is 1. The van der Waals surface area contributed by atoms with Gasteiger partial charge in [-0.2, -0.15) is 11.8 Å². The monoisotopic (exact) mass is 478 g/mol. The first-order valence-electron chi connectivity index (χ1n) is 8.31. The Morgan fingerprint density at radius 1 is 1.32 bits per heavy atom. The molecule has 8 heteroatoms. The molecule has 2 aliphatic rings. The standard InChI is InChI=1S/C17H26N4O2S.HI/c1-21(2)17(6-9-24-12-17)11-19-16(18)20-13-4-5-14-15(10-13)23-8-3-7-22-14;/h4-5,10H,3,6-9,11-12H2,1-2H3,(H3,18,19,20);1H. The Bertz CT molecular complexity index is 606. The summed E-state index contributed by atoms with van der Waals surface area (Å²) in [5.41, 5.74) is 7.07. The summed E-state index contributed by atoms with van der Waals surface area (Å²) in [5, 5.41) is 3.16. The molecule has 2 aliphatic heterocycles. The third-order valence-electron chi connectivity index (χ3n) is 4.59. The summed E-state index contributed by atoms with van der Waals surface area (Å²) in [7, 11) is 4.24. The van der Waals surface area contributed by atoms with E-state index < -0.39 is 0 Å². The van der Waals surface area contributed by atoms with Gasteiger partial charge < -0.3 is 25.4 Å². The number of thioether (sulfide) groups is 1.